The second-order valence-electron chi connectivity index (χ2n) is 5.41. The van der Waals surface area contributed by atoms with Crippen LogP contribution in [0.5, 0.6) is 0 Å². The summed E-state index contributed by atoms with van der Waals surface area (Å²) in [6.45, 7) is 3.99. The van der Waals surface area contributed by atoms with Crippen molar-refractivity contribution in [3.63, 3.8) is 0 Å². The molecule has 110 valence electrons. The molecule has 0 aliphatic heterocycles. The number of para-hydroxylation sites is 1. The van der Waals surface area contributed by atoms with Gasteiger partial charge in [-0.05, 0) is 50.7 Å². The lowest BCUT2D eigenvalue weighted by molar-refractivity contribution is -0.120. The molecule has 1 heterocycles. The van der Waals surface area contributed by atoms with Crippen LogP contribution >= 0.6 is 0 Å². The molecule has 21 heavy (non-hydrogen) atoms. The van der Waals surface area contributed by atoms with Crippen molar-refractivity contribution in [3.05, 3.63) is 59.4 Å². The van der Waals surface area contributed by atoms with Gasteiger partial charge in [-0.15, -0.1) is 0 Å². The van der Waals surface area contributed by atoms with Crippen molar-refractivity contribution >= 4 is 11.6 Å². The number of carbonyl (C=O) groups excluding carboxylic acids is 1. The van der Waals surface area contributed by atoms with Crippen molar-refractivity contribution in [2.45, 2.75) is 19.9 Å². The molecule has 1 aromatic carbocycles. The zero-order valence-corrected chi connectivity index (χ0v) is 12.9. The lowest BCUT2D eigenvalue weighted by atomic mass is 10.1. The Labute approximate surface area is 125 Å². The predicted octanol–water partition coefficient (Wildman–Crippen LogP) is 2.94. The fraction of sp³-hybridized carbons (Fsp3) is 0.294. The molecule has 0 radical (unpaired) electrons. The first-order valence-electron chi connectivity index (χ1n) is 6.94. The molecule has 2 rings (SSSR count). The summed E-state index contributed by atoms with van der Waals surface area (Å²) in [5, 5.41) is 3.05. The van der Waals surface area contributed by atoms with Crippen LogP contribution in [0.3, 0.4) is 0 Å². The van der Waals surface area contributed by atoms with Gasteiger partial charge in [0.05, 0.1) is 0 Å². The third-order valence-electron chi connectivity index (χ3n) is 3.49. The Morgan fingerprint density at radius 2 is 1.81 bits per heavy atom. The van der Waals surface area contributed by atoms with E-state index in [0.717, 1.165) is 22.4 Å². The minimum absolute atomic E-state index is 0.0506. The van der Waals surface area contributed by atoms with Crippen LogP contribution in [0.2, 0.25) is 0 Å². The van der Waals surface area contributed by atoms with Gasteiger partial charge in [0.1, 0.15) is 6.04 Å². The Balaban J connectivity index is 2.29. The summed E-state index contributed by atoms with van der Waals surface area (Å²) in [6.07, 6.45) is 3.44. The number of aromatic nitrogens is 1. The predicted molar refractivity (Wildman–Crippen MR) is 85.2 cm³/mol. The average molecular weight is 283 g/mol. The molecule has 1 aromatic heterocycles. The summed E-state index contributed by atoms with van der Waals surface area (Å²) >= 11 is 0. The number of likely N-dealkylation sites (N-methyl/N-ethyl adjacent to an activating group) is 1. The van der Waals surface area contributed by atoms with E-state index in [9.17, 15) is 4.79 Å². The number of carbonyl (C=O) groups is 1. The minimum Gasteiger partial charge on any atom is -0.324 e. The number of aryl methyl sites for hydroxylation is 2. The van der Waals surface area contributed by atoms with Crippen molar-refractivity contribution in [2.24, 2.45) is 0 Å². The van der Waals surface area contributed by atoms with E-state index < -0.39 is 0 Å². The second kappa shape index (κ2) is 6.50. The van der Waals surface area contributed by atoms with Gasteiger partial charge in [-0.1, -0.05) is 24.3 Å². The van der Waals surface area contributed by atoms with Crippen LogP contribution in [0.1, 0.15) is 22.7 Å². The van der Waals surface area contributed by atoms with Crippen LogP contribution in [0, 0.1) is 13.8 Å². The van der Waals surface area contributed by atoms with E-state index in [1.165, 1.54) is 0 Å². The quantitative estimate of drug-likeness (QED) is 0.938. The number of nitrogens with zero attached hydrogens (tertiary/aromatic N) is 2. The topological polar surface area (TPSA) is 45.2 Å². The zero-order valence-electron chi connectivity index (χ0n) is 12.9. The number of amides is 1. The standard InChI is InChI=1S/C17H21N3O/c1-12-7-5-8-13(2)15(12)19-17(21)16(20(3)4)14-9-6-10-18-11-14/h5-11,16H,1-4H3,(H,19,21). The van der Waals surface area contributed by atoms with Crippen LogP contribution in [0.15, 0.2) is 42.7 Å². The summed E-state index contributed by atoms with van der Waals surface area (Å²) in [7, 11) is 3.78. The van der Waals surface area contributed by atoms with E-state index in [2.05, 4.69) is 10.3 Å². The highest BCUT2D eigenvalue weighted by molar-refractivity contribution is 5.96. The molecule has 4 nitrogen and oxygen atoms in total. The molecule has 0 saturated heterocycles. The molecule has 0 saturated carbocycles. The van der Waals surface area contributed by atoms with Crippen molar-refractivity contribution < 1.29 is 4.79 Å². The monoisotopic (exact) mass is 283 g/mol. The lowest BCUT2D eigenvalue weighted by Crippen LogP contribution is -2.32. The maximum atomic E-state index is 12.7. The van der Waals surface area contributed by atoms with Gasteiger partial charge in [0.15, 0.2) is 0 Å². The van der Waals surface area contributed by atoms with E-state index in [1.807, 2.05) is 63.2 Å². The highest BCUT2D eigenvalue weighted by Crippen LogP contribution is 2.23. The highest BCUT2D eigenvalue weighted by atomic mass is 16.2. The Morgan fingerprint density at radius 1 is 1.14 bits per heavy atom. The summed E-state index contributed by atoms with van der Waals surface area (Å²) in [5.41, 5.74) is 3.89. The molecule has 0 aliphatic carbocycles. The maximum absolute atomic E-state index is 12.7. The van der Waals surface area contributed by atoms with E-state index in [4.69, 9.17) is 0 Å². The third kappa shape index (κ3) is 3.47. The van der Waals surface area contributed by atoms with Crippen LogP contribution in [-0.2, 0) is 4.79 Å². The summed E-state index contributed by atoms with van der Waals surface area (Å²) in [6, 6.07) is 9.39. The fourth-order valence-corrected chi connectivity index (χ4v) is 2.42. The van der Waals surface area contributed by atoms with Crippen molar-refractivity contribution in [2.75, 3.05) is 19.4 Å². The average Bonchev–Trinajstić information content (AvgIpc) is 2.44. The maximum Gasteiger partial charge on any atom is 0.246 e. The number of rotatable bonds is 4. The Morgan fingerprint density at radius 3 is 2.33 bits per heavy atom. The number of pyridine rings is 1. The number of hydrogen-bond acceptors (Lipinski definition) is 3. The Bertz CT molecular complexity index is 603. The molecular weight excluding hydrogens is 262 g/mol. The Kier molecular flexibility index (Phi) is 4.70. The van der Waals surface area contributed by atoms with Gasteiger partial charge in [-0.3, -0.25) is 14.7 Å². The van der Waals surface area contributed by atoms with E-state index >= 15 is 0 Å². The summed E-state index contributed by atoms with van der Waals surface area (Å²) < 4.78 is 0. The SMILES string of the molecule is Cc1cccc(C)c1NC(=O)C(c1cccnc1)N(C)C. The van der Waals surface area contributed by atoms with Gasteiger partial charge in [-0.25, -0.2) is 0 Å². The van der Waals surface area contributed by atoms with Crippen LogP contribution in [-0.4, -0.2) is 29.9 Å². The molecule has 2 aromatic rings. The van der Waals surface area contributed by atoms with Crippen molar-refractivity contribution in [1.82, 2.24) is 9.88 Å². The smallest absolute Gasteiger partial charge is 0.246 e. The van der Waals surface area contributed by atoms with Gasteiger partial charge in [0.25, 0.3) is 0 Å². The molecule has 0 fully saturated rings. The van der Waals surface area contributed by atoms with E-state index in [0.29, 0.717) is 0 Å². The number of benzene rings is 1. The molecule has 1 amide bonds. The number of nitrogens with one attached hydrogen (secondary N) is 1. The molecule has 1 unspecified atom stereocenters. The first kappa shape index (κ1) is 15.2. The zero-order chi connectivity index (χ0) is 15.4. The molecule has 4 heteroatoms. The molecule has 0 aliphatic rings. The largest absolute Gasteiger partial charge is 0.324 e. The summed E-state index contributed by atoms with van der Waals surface area (Å²) in [4.78, 5) is 18.7. The van der Waals surface area contributed by atoms with Crippen LogP contribution in [0.25, 0.3) is 0 Å². The van der Waals surface area contributed by atoms with Gasteiger partial charge in [0, 0.05) is 18.1 Å². The van der Waals surface area contributed by atoms with Crippen molar-refractivity contribution in [3.8, 4) is 0 Å². The van der Waals surface area contributed by atoms with Crippen LogP contribution < -0.4 is 5.32 Å². The fourth-order valence-electron chi connectivity index (χ4n) is 2.42. The third-order valence-corrected chi connectivity index (χ3v) is 3.49. The van der Waals surface area contributed by atoms with Gasteiger partial charge in [-0.2, -0.15) is 0 Å². The van der Waals surface area contributed by atoms with E-state index in [-0.39, 0.29) is 11.9 Å². The van der Waals surface area contributed by atoms with Crippen LogP contribution in [0.4, 0.5) is 5.69 Å². The normalized spacial score (nSPS) is 12.2. The second-order valence-corrected chi connectivity index (χ2v) is 5.41. The molecule has 0 spiro atoms. The molecule has 0 bridgehead atoms. The molecular formula is C17H21N3O. The Hall–Kier alpha value is -2.20. The molecule has 1 atom stereocenters. The van der Waals surface area contributed by atoms with Crippen molar-refractivity contribution in [1.29, 1.82) is 0 Å². The van der Waals surface area contributed by atoms with Gasteiger partial charge in [0.2, 0.25) is 5.91 Å². The van der Waals surface area contributed by atoms with Gasteiger partial charge >= 0.3 is 0 Å². The highest BCUT2D eigenvalue weighted by Gasteiger charge is 2.23. The van der Waals surface area contributed by atoms with E-state index in [1.54, 1.807) is 12.4 Å². The molecule has 1 N–H and O–H groups in total. The summed E-state index contributed by atoms with van der Waals surface area (Å²) in [5.74, 6) is -0.0506. The number of anilines is 1. The minimum atomic E-state index is -0.363. The first-order chi connectivity index (χ1) is 10.0. The van der Waals surface area contributed by atoms with Gasteiger partial charge < -0.3 is 5.32 Å². The number of hydrogen-bond donors (Lipinski definition) is 1. The lowest BCUT2D eigenvalue weighted by Gasteiger charge is -2.24. The first-order valence-corrected chi connectivity index (χ1v) is 6.94.